The van der Waals surface area contributed by atoms with Gasteiger partial charge in [0.25, 0.3) is 5.91 Å². The van der Waals surface area contributed by atoms with Crippen molar-refractivity contribution in [2.45, 2.75) is 11.3 Å². The van der Waals surface area contributed by atoms with Gasteiger partial charge in [-0.25, -0.2) is 13.6 Å². The number of primary amides is 1. The van der Waals surface area contributed by atoms with Crippen LogP contribution in [0, 0.1) is 0 Å². The maximum Gasteiger partial charge on any atom is 0.251 e. The highest BCUT2D eigenvalue weighted by Gasteiger charge is 2.16. The van der Waals surface area contributed by atoms with Crippen molar-refractivity contribution < 1.29 is 18.0 Å². The van der Waals surface area contributed by atoms with Crippen LogP contribution in [0.15, 0.2) is 41.3 Å². The Labute approximate surface area is 110 Å². The number of para-hydroxylation sites is 1. The minimum absolute atomic E-state index is 0.0145. The van der Waals surface area contributed by atoms with Gasteiger partial charge in [-0.15, -0.1) is 0 Å². The first kappa shape index (κ1) is 14.9. The van der Waals surface area contributed by atoms with E-state index in [9.17, 15) is 18.0 Å². The van der Waals surface area contributed by atoms with Crippen molar-refractivity contribution >= 4 is 27.5 Å². The van der Waals surface area contributed by atoms with Gasteiger partial charge < -0.3 is 11.1 Å². The Bertz CT molecular complexity index is 637. The molecule has 0 radical (unpaired) electrons. The number of rotatable bonds is 5. The lowest BCUT2D eigenvalue weighted by Crippen LogP contribution is -2.21. The molecule has 5 N–H and O–H groups in total. The highest BCUT2D eigenvalue weighted by molar-refractivity contribution is 7.89. The topological polar surface area (TPSA) is 132 Å². The second kappa shape index (κ2) is 5.63. The maximum atomic E-state index is 11.7. The van der Waals surface area contributed by atoms with Crippen LogP contribution >= 0.6 is 0 Å². The van der Waals surface area contributed by atoms with Gasteiger partial charge in [-0.3, -0.25) is 9.59 Å². The monoisotopic (exact) mass is 283 g/mol. The number of nitrogens with two attached hydrogens (primary N) is 2. The first-order valence-electron chi connectivity index (χ1n) is 5.11. The zero-order valence-corrected chi connectivity index (χ0v) is 10.7. The van der Waals surface area contributed by atoms with E-state index in [-0.39, 0.29) is 22.6 Å². The van der Waals surface area contributed by atoms with Gasteiger partial charge in [0, 0.05) is 5.57 Å². The molecule has 0 fully saturated rings. The predicted octanol–water partition coefficient (Wildman–Crippen LogP) is -0.296. The van der Waals surface area contributed by atoms with Gasteiger partial charge in [0.1, 0.15) is 4.90 Å². The number of nitrogens with one attached hydrogen (secondary N) is 1. The van der Waals surface area contributed by atoms with Gasteiger partial charge >= 0.3 is 0 Å². The molecular weight excluding hydrogens is 270 g/mol. The van der Waals surface area contributed by atoms with Crippen molar-refractivity contribution in [3.8, 4) is 0 Å². The molecule has 0 aromatic heterocycles. The zero-order valence-electron chi connectivity index (χ0n) is 9.92. The average Bonchev–Trinajstić information content (AvgIpc) is 2.27. The molecule has 0 aliphatic carbocycles. The van der Waals surface area contributed by atoms with E-state index in [1.54, 1.807) is 0 Å². The van der Waals surface area contributed by atoms with Crippen molar-refractivity contribution in [3.63, 3.8) is 0 Å². The molecule has 0 heterocycles. The first-order valence-corrected chi connectivity index (χ1v) is 6.65. The summed E-state index contributed by atoms with van der Waals surface area (Å²) < 4.78 is 22.6. The minimum Gasteiger partial charge on any atom is -0.369 e. The van der Waals surface area contributed by atoms with Gasteiger partial charge in [0.15, 0.2) is 0 Å². The van der Waals surface area contributed by atoms with Crippen LogP contribution in [0.2, 0.25) is 0 Å². The molecule has 8 heteroatoms. The van der Waals surface area contributed by atoms with Crippen molar-refractivity contribution in [1.82, 2.24) is 0 Å². The number of hydrogen-bond acceptors (Lipinski definition) is 4. The number of carbonyl (C=O) groups excluding carboxylic acids is 2. The van der Waals surface area contributed by atoms with Crippen LogP contribution in [0.5, 0.6) is 0 Å². The number of primary sulfonamides is 1. The fourth-order valence-electron chi connectivity index (χ4n) is 1.32. The summed E-state index contributed by atoms with van der Waals surface area (Å²) in [6.45, 7) is 3.39. The molecule has 102 valence electrons. The maximum absolute atomic E-state index is 11.7. The SMILES string of the molecule is C=C(CC(N)=O)C(=O)Nc1ccccc1S(N)(=O)=O. The predicted molar refractivity (Wildman–Crippen MR) is 69.4 cm³/mol. The Kier molecular flexibility index (Phi) is 4.41. The number of amides is 2. The lowest BCUT2D eigenvalue weighted by molar-refractivity contribution is -0.119. The Morgan fingerprint density at radius 2 is 1.84 bits per heavy atom. The van der Waals surface area contributed by atoms with E-state index in [2.05, 4.69) is 11.9 Å². The summed E-state index contributed by atoms with van der Waals surface area (Å²) in [5, 5.41) is 7.33. The molecule has 0 spiro atoms. The van der Waals surface area contributed by atoms with Crippen LogP contribution in [-0.2, 0) is 19.6 Å². The van der Waals surface area contributed by atoms with Gasteiger partial charge in [0.2, 0.25) is 15.9 Å². The van der Waals surface area contributed by atoms with Gasteiger partial charge in [0.05, 0.1) is 12.1 Å². The average molecular weight is 283 g/mol. The molecule has 0 saturated carbocycles. The summed E-state index contributed by atoms with van der Waals surface area (Å²) in [7, 11) is -3.96. The summed E-state index contributed by atoms with van der Waals surface area (Å²) in [5.41, 5.74) is 4.87. The van der Waals surface area contributed by atoms with E-state index in [0.29, 0.717) is 0 Å². The second-order valence-corrected chi connectivity index (χ2v) is 5.27. The molecule has 19 heavy (non-hydrogen) atoms. The molecule has 0 bridgehead atoms. The fraction of sp³-hybridized carbons (Fsp3) is 0.0909. The Balaban J connectivity index is 2.98. The van der Waals surface area contributed by atoms with E-state index in [0.717, 1.165) is 0 Å². The standard InChI is InChI=1S/C11H13N3O4S/c1-7(6-10(12)15)11(16)14-8-4-2-3-5-9(8)19(13,17)18/h2-5H,1,6H2,(H2,12,15)(H,14,16)(H2,13,17,18). The summed E-state index contributed by atoms with van der Waals surface area (Å²) >= 11 is 0. The normalized spacial score (nSPS) is 10.8. The smallest absolute Gasteiger partial charge is 0.251 e. The number of hydrogen-bond donors (Lipinski definition) is 3. The Hall–Kier alpha value is -2.19. The number of benzene rings is 1. The van der Waals surface area contributed by atoms with E-state index < -0.39 is 21.8 Å². The third kappa shape index (κ3) is 4.19. The quantitative estimate of drug-likeness (QED) is 0.640. The Morgan fingerprint density at radius 3 is 2.37 bits per heavy atom. The fourth-order valence-corrected chi connectivity index (χ4v) is 2.01. The molecule has 7 nitrogen and oxygen atoms in total. The van der Waals surface area contributed by atoms with E-state index in [1.807, 2.05) is 0 Å². The van der Waals surface area contributed by atoms with Crippen molar-refractivity contribution in [3.05, 3.63) is 36.4 Å². The Morgan fingerprint density at radius 1 is 1.26 bits per heavy atom. The lowest BCUT2D eigenvalue weighted by atomic mass is 10.2. The van der Waals surface area contributed by atoms with Crippen LogP contribution in [0.3, 0.4) is 0 Å². The highest BCUT2D eigenvalue weighted by Crippen LogP contribution is 2.19. The number of sulfonamides is 1. The molecular formula is C11H13N3O4S. The molecule has 0 aliphatic heterocycles. The summed E-state index contributed by atoms with van der Waals surface area (Å²) in [5.74, 6) is -1.41. The second-order valence-electron chi connectivity index (χ2n) is 3.74. The number of anilines is 1. The van der Waals surface area contributed by atoms with Crippen molar-refractivity contribution in [2.24, 2.45) is 10.9 Å². The third-order valence-electron chi connectivity index (χ3n) is 2.15. The van der Waals surface area contributed by atoms with Gasteiger partial charge in [-0.1, -0.05) is 18.7 Å². The lowest BCUT2D eigenvalue weighted by Gasteiger charge is -2.10. The van der Waals surface area contributed by atoms with Crippen molar-refractivity contribution in [1.29, 1.82) is 0 Å². The van der Waals surface area contributed by atoms with E-state index >= 15 is 0 Å². The molecule has 0 saturated heterocycles. The zero-order chi connectivity index (χ0) is 14.6. The summed E-state index contributed by atoms with van der Waals surface area (Å²) in [6, 6.07) is 5.62. The van der Waals surface area contributed by atoms with Gasteiger partial charge in [-0.2, -0.15) is 0 Å². The minimum atomic E-state index is -3.96. The molecule has 1 rings (SSSR count). The summed E-state index contributed by atoms with van der Waals surface area (Å²) in [4.78, 5) is 22.1. The summed E-state index contributed by atoms with van der Waals surface area (Å²) in [6.07, 6.45) is -0.316. The van der Waals surface area contributed by atoms with Crippen molar-refractivity contribution in [2.75, 3.05) is 5.32 Å². The molecule has 0 unspecified atom stereocenters. The highest BCUT2D eigenvalue weighted by atomic mass is 32.2. The third-order valence-corrected chi connectivity index (χ3v) is 3.12. The largest absolute Gasteiger partial charge is 0.369 e. The van der Waals surface area contributed by atoms with Crippen LogP contribution in [0.4, 0.5) is 5.69 Å². The van der Waals surface area contributed by atoms with Crippen LogP contribution in [-0.4, -0.2) is 20.2 Å². The van der Waals surface area contributed by atoms with Crippen LogP contribution < -0.4 is 16.2 Å². The van der Waals surface area contributed by atoms with Crippen LogP contribution in [0.1, 0.15) is 6.42 Å². The molecule has 0 atom stereocenters. The first-order chi connectivity index (χ1) is 8.71. The molecule has 1 aromatic carbocycles. The van der Waals surface area contributed by atoms with Gasteiger partial charge in [-0.05, 0) is 12.1 Å². The molecule has 1 aromatic rings. The van der Waals surface area contributed by atoms with Crippen LogP contribution in [0.25, 0.3) is 0 Å². The molecule has 2 amide bonds. The van der Waals surface area contributed by atoms with E-state index in [4.69, 9.17) is 10.9 Å². The van der Waals surface area contributed by atoms with E-state index in [1.165, 1.54) is 24.3 Å². The molecule has 0 aliphatic rings. The number of carbonyl (C=O) groups is 2.